The summed E-state index contributed by atoms with van der Waals surface area (Å²) in [7, 11) is 0. The SMILES string of the molecule is Cc1ccc(O)c(C(C)Nc2cccnc2OC(C)C)c1. The Kier molecular flexibility index (Phi) is 4.68. The molecule has 2 N–H and O–H groups in total. The number of nitrogens with zero attached hydrogens (tertiary/aromatic N) is 1. The van der Waals surface area contributed by atoms with E-state index in [4.69, 9.17) is 4.74 Å². The third-order valence-electron chi connectivity index (χ3n) is 3.14. The number of anilines is 1. The molecule has 0 aliphatic carbocycles. The summed E-state index contributed by atoms with van der Waals surface area (Å²) < 4.78 is 5.70. The number of nitrogens with one attached hydrogen (secondary N) is 1. The van der Waals surface area contributed by atoms with E-state index in [0.29, 0.717) is 5.88 Å². The predicted octanol–water partition coefficient (Wildman–Crippen LogP) is 4.06. The molecule has 1 aromatic carbocycles. The molecule has 0 aliphatic heterocycles. The fourth-order valence-corrected chi connectivity index (χ4v) is 2.15. The number of hydrogen-bond acceptors (Lipinski definition) is 4. The predicted molar refractivity (Wildman–Crippen MR) is 84.9 cm³/mol. The van der Waals surface area contributed by atoms with Gasteiger partial charge in [-0.2, -0.15) is 0 Å². The highest BCUT2D eigenvalue weighted by Crippen LogP contribution is 2.30. The van der Waals surface area contributed by atoms with Gasteiger partial charge < -0.3 is 15.2 Å². The van der Waals surface area contributed by atoms with Gasteiger partial charge >= 0.3 is 0 Å². The molecular weight excluding hydrogens is 264 g/mol. The maximum atomic E-state index is 10.0. The number of hydrogen-bond donors (Lipinski definition) is 2. The first-order valence-electron chi connectivity index (χ1n) is 7.15. The van der Waals surface area contributed by atoms with Crippen LogP contribution in [0.3, 0.4) is 0 Å². The smallest absolute Gasteiger partial charge is 0.237 e. The van der Waals surface area contributed by atoms with Gasteiger partial charge in [0, 0.05) is 11.8 Å². The lowest BCUT2D eigenvalue weighted by Gasteiger charge is -2.20. The van der Waals surface area contributed by atoms with Crippen molar-refractivity contribution in [3.63, 3.8) is 0 Å². The van der Waals surface area contributed by atoms with Gasteiger partial charge in [-0.15, -0.1) is 0 Å². The number of pyridine rings is 1. The van der Waals surface area contributed by atoms with Crippen LogP contribution in [0.4, 0.5) is 5.69 Å². The fraction of sp³-hybridized carbons (Fsp3) is 0.353. The Bertz CT molecular complexity index is 611. The molecular formula is C17H22N2O2. The lowest BCUT2D eigenvalue weighted by molar-refractivity contribution is 0.234. The number of aryl methyl sites for hydroxylation is 1. The van der Waals surface area contributed by atoms with E-state index < -0.39 is 0 Å². The number of rotatable bonds is 5. The maximum absolute atomic E-state index is 10.0. The van der Waals surface area contributed by atoms with Crippen molar-refractivity contribution in [1.29, 1.82) is 0 Å². The zero-order chi connectivity index (χ0) is 15.4. The van der Waals surface area contributed by atoms with Crippen LogP contribution < -0.4 is 10.1 Å². The third kappa shape index (κ3) is 3.88. The molecule has 2 rings (SSSR count). The summed E-state index contributed by atoms with van der Waals surface area (Å²) in [6.45, 7) is 7.94. The summed E-state index contributed by atoms with van der Waals surface area (Å²) in [5.74, 6) is 0.863. The van der Waals surface area contributed by atoms with Gasteiger partial charge in [0.25, 0.3) is 0 Å². The molecule has 0 amide bonds. The molecule has 2 aromatic rings. The minimum atomic E-state index is -0.0522. The second-order valence-electron chi connectivity index (χ2n) is 5.45. The van der Waals surface area contributed by atoms with Crippen LogP contribution in [0.2, 0.25) is 0 Å². The highest BCUT2D eigenvalue weighted by Gasteiger charge is 2.14. The molecule has 1 atom stereocenters. The Hall–Kier alpha value is -2.23. The molecule has 0 spiro atoms. The lowest BCUT2D eigenvalue weighted by atomic mass is 10.0. The van der Waals surface area contributed by atoms with Crippen molar-refractivity contribution >= 4 is 5.69 Å². The molecule has 0 bridgehead atoms. The number of benzene rings is 1. The van der Waals surface area contributed by atoms with Gasteiger partial charge in [-0.1, -0.05) is 17.7 Å². The molecule has 0 aliphatic rings. The van der Waals surface area contributed by atoms with Crippen molar-refractivity contribution < 1.29 is 9.84 Å². The molecule has 0 saturated carbocycles. The van der Waals surface area contributed by atoms with Crippen LogP contribution in [0.25, 0.3) is 0 Å². The molecule has 0 saturated heterocycles. The Balaban J connectivity index is 2.23. The normalized spacial score (nSPS) is 12.2. The largest absolute Gasteiger partial charge is 0.508 e. The van der Waals surface area contributed by atoms with E-state index >= 15 is 0 Å². The van der Waals surface area contributed by atoms with E-state index in [9.17, 15) is 5.11 Å². The van der Waals surface area contributed by atoms with Crippen molar-refractivity contribution in [3.05, 3.63) is 47.7 Å². The summed E-state index contributed by atoms with van der Waals surface area (Å²) in [5.41, 5.74) is 2.79. The number of phenols is 1. The van der Waals surface area contributed by atoms with Crippen LogP contribution in [0, 0.1) is 6.92 Å². The minimum absolute atomic E-state index is 0.0522. The summed E-state index contributed by atoms with van der Waals surface area (Å²) in [6.07, 6.45) is 1.76. The average molecular weight is 286 g/mol. The van der Waals surface area contributed by atoms with Crippen molar-refractivity contribution in [2.24, 2.45) is 0 Å². The van der Waals surface area contributed by atoms with E-state index in [0.717, 1.165) is 16.8 Å². The van der Waals surface area contributed by atoms with Crippen LogP contribution >= 0.6 is 0 Å². The second kappa shape index (κ2) is 6.48. The van der Waals surface area contributed by atoms with Gasteiger partial charge in [-0.25, -0.2) is 4.98 Å². The second-order valence-corrected chi connectivity index (χ2v) is 5.45. The quantitative estimate of drug-likeness (QED) is 0.870. The van der Waals surface area contributed by atoms with E-state index in [2.05, 4.69) is 10.3 Å². The number of aromatic hydroxyl groups is 1. The number of ether oxygens (including phenoxy) is 1. The molecule has 1 aromatic heterocycles. The number of phenolic OH excluding ortho intramolecular Hbond substituents is 1. The van der Waals surface area contributed by atoms with Gasteiger partial charge in [-0.05, 0) is 45.9 Å². The first kappa shape index (κ1) is 15.2. The average Bonchev–Trinajstić information content (AvgIpc) is 2.43. The number of aromatic nitrogens is 1. The fourth-order valence-electron chi connectivity index (χ4n) is 2.15. The molecule has 0 fully saturated rings. The zero-order valence-corrected chi connectivity index (χ0v) is 12.9. The van der Waals surface area contributed by atoms with Crippen LogP contribution in [0.1, 0.15) is 37.9 Å². The Morgan fingerprint density at radius 3 is 2.67 bits per heavy atom. The lowest BCUT2D eigenvalue weighted by Crippen LogP contribution is -2.12. The molecule has 4 nitrogen and oxygen atoms in total. The first-order chi connectivity index (χ1) is 9.97. The van der Waals surface area contributed by atoms with Crippen molar-refractivity contribution in [2.75, 3.05) is 5.32 Å². The van der Waals surface area contributed by atoms with Crippen molar-refractivity contribution in [2.45, 2.75) is 39.8 Å². The van der Waals surface area contributed by atoms with Crippen LogP contribution in [-0.4, -0.2) is 16.2 Å². The minimum Gasteiger partial charge on any atom is -0.508 e. The highest BCUT2D eigenvalue weighted by molar-refractivity contribution is 5.54. The Morgan fingerprint density at radius 1 is 1.19 bits per heavy atom. The summed E-state index contributed by atoms with van der Waals surface area (Å²) >= 11 is 0. The van der Waals surface area contributed by atoms with E-state index in [1.54, 1.807) is 12.3 Å². The summed E-state index contributed by atoms with van der Waals surface area (Å²) in [5, 5.41) is 13.4. The van der Waals surface area contributed by atoms with E-state index in [1.807, 2.05) is 52.0 Å². The van der Waals surface area contributed by atoms with Crippen LogP contribution in [-0.2, 0) is 0 Å². The van der Waals surface area contributed by atoms with Crippen LogP contribution in [0.5, 0.6) is 11.6 Å². The Labute approximate surface area is 125 Å². The first-order valence-corrected chi connectivity index (χ1v) is 7.15. The molecule has 112 valence electrons. The standard InChI is InChI=1S/C17H22N2O2/c1-11(2)21-17-15(6-5-9-18-17)19-13(4)14-10-12(3)7-8-16(14)20/h5-11,13,19-20H,1-4H3. The highest BCUT2D eigenvalue weighted by atomic mass is 16.5. The van der Waals surface area contributed by atoms with Crippen molar-refractivity contribution in [3.8, 4) is 11.6 Å². The van der Waals surface area contributed by atoms with Gasteiger partial charge in [0.05, 0.1) is 17.8 Å². The molecule has 4 heteroatoms. The van der Waals surface area contributed by atoms with Gasteiger partial charge in [0.15, 0.2) is 0 Å². The van der Waals surface area contributed by atoms with E-state index in [1.165, 1.54) is 0 Å². The third-order valence-corrected chi connectivity index (χ3v) is 3.14. The Morgan fingerprint density at radius 2 is 1.95 bits per heavy atom. The topological polar surface area (TPSA) is 54.4 Å². The molecule has 1 unspecified atom stereocenters. The van der Waals surface area contributed by atoms with Crippen molar-refractivity contribution in [1.82, 2.24) is 4.98 Å². The van der Waals surface area contributed by atoms with Gasteiger partial charge in [-0.3, -0.25) is 0 Å². The van der Waals surface area contributed by atoms with Gasteiger partial charge in [0.2, 0.25) is 5.88 Å². The van der Waals surface area contributed by atoms with Crippen LogP contribution in [0.15, 0.2) is 36.5 Å². The van der Waals surface area contributed by atoms with E-state index in [-0.39, 0.29) is 17.9 Å². The molecule has 21 heavy (non-hydrogen) atoms. The molecule has 1 heterocycles. The summed E-state index contributed by atoms with van der Waals surface area (Å²) in [6, 6.07) is 9.32. The summed E-state index contributed by atoms with van der Waals surface area (Å²) in [4.78, 5) is 4.26. The maximum Gasteiger partial charge on any atom is 0.237 e. The monoisotopic (exact) mass is 286 g/mol. The zero-order valence-electron chi connectivity index (χ0n) is 12.9. The molecule has 0 radical (unpaired) electrons. The van der Waals surface area contributed by atoms with Gasteiger partial charge in [0.1, 0.15) is 5.75 Å².